The minimum absolute atomic E-state index is 0.227. The summed E-state index contributed by atoms with van der Waals surface area (Å²) in [4.78, 5) is 36.6. The minimum atomic E-state index is -0.505. The molecule has 1 fully saturated rings. The molecule has 0 saturated carbocycles. The van der Waals surface area contributed by atoms with E-state index in [9.17, 15) is 9.59 Å². The van der Waals surface area contributed by atoms with Crippen molar-refractivity contribution in [2.75, 3.05) is 26.3 Å². The van der Waals surface area contributed by atoms with E-state index < -0.39 is 11.2 Å². The second-order valence-electron chi connectivity index (χ2n) is 5.86. The van der Waals surface area contributed by atoms with Crippen molar-refractivity contribution in [2.45, 2.75) is 13.1 Å². The van der Waals surface area contributed by atoms with Crippen molar-refractivity contribution in [3.8, 4) is 0 Å². The van der Waals surface area contributed by atoms with Gasteiger partial charge in [0.05, 0.1) is 32.6 Å². The summed E-state index contributed by atoms with van der Waals surface area (Å²) in [5.41, 5.74) is -0.393. The van der Waals surface area contributed by atoms with Gasteiger partial charge in [0.15, 0.2) is 17.0 Å². The highest BCUT2D eigenvalue weighted by atomic mass is 16.5. The lowest BCUT2D eigenvalue weighted by Gasteiger charge is -2.24. The maximum Gasteiger partial charge on any atom is 0.329 e. The molecule has 1 aliphatic rings. The van der Waals surface area contributed by atoms with Gasteiger partial charge in [-0.1, -0.05) is 5.16 Å². The molecule has 0 unspecified atom stereocenters. The van der Waals surface area contributed by atoms with Crippen LogP contribution in [0.4, 0.5) is 0 Å². The standard InChI is InChI=1S/C14H17N7O4/c1-19-12-11(13(22)17-14(19)23)21(8-15-12)6-9-16-10(25-18-9)7-20-2-4-24-5-3-20/h8H,2-7H2,1H3,(H,17,22,23). The number of nitrogens with zero attached hydrogens (tertiary/aromatic N) is 6. The smallest absolute Gasteiger partial charge is 0.329 e. The van der Waals surface area contributed by atoms with Crippen LogP contribution < -0.4 is 11.2 Å². The van der Waals surface area contributed by atoms with Crippen molar-refractivity contribution < 1.29 is 9.26 Å². The summed E-state index contributed by atoms with van der Waals surface area (Å²) in [6.07, 6.45) is 1.48. The molecule has 0 aromatic carbocycles. The third-order valence-corrected chi connectivity index (χ3v) is 4.16. The van der Waals surface area contributed by atoms with Crippen LogP contribution in [0.2, 0.25) is 0 Å². The number of hydrogen-bond acceptors (Lipinski definition) is 8. The maximum atomic E-state index is 12.1. The van der Waals surface area contributed by atoms with Crippen molar-refractivity contribution in [1.82, 2.24) is 34.1 Å². The Balaban J connectivity index is 1.57. The monoisotopic (exact) mass is 347 g/mol. The molecule has 3 aromatic heterocycles. The molecule has 11 heteroatoms. The van der Waals surface area contributed by atoms with Crippen LogP contribution >= 0.6 is 0 Å². The van der Waals surface area contributed by atoms with Crippen molar-refractivity contribution in [2.24, 2.45) is 7.05 Å². The minimum Gasteiger partial charge on any atom is -0.379 e. The molecule has 1 saturated heterocycles. The van der Waals surface area contributed by atoms with Crippen LogP contribution in [-0.4, -0.2) is 60.4 Å². The zero-order valence-corrected chi connectivity index (χ0v) is 13.6. The van der Waals surface area contributed by atoms with Crippen LogP contribution in [0.1, 0.15) is 11.7 Å². The van der Waals surface area contributed by atoms with Gasteiger partial charge >= 0.3 is 5.69 Å². The highest BCUT2D eigenvalue weighted by molar-refractivity contribution is 5.69. The first kappa shape index (κ1) is 15.7. The number of ether oxygens (including phenoxy) is 1. The molecule has 1 N–H and O–H groups in total. The van der Waals surface area contributed by atoms with Crippen LogP contribution in [0.25, 0.3) is 11.2 Å². The fraction of sp³-hybridized carbons (Fsp3) is 0.500. The highest BCUT2D eigenvalue weighted by Gasteiger charge is 2.17. The predicted molar refractivity (Wildman–Crippen MR) is 85.1 cm³/mol. The largest absolute Gasteiger partial charge is 0.379 e. The van der Waals surface area contributed by atoms with Gasteiger partial charge in [0.25, 0.3) is 5.56 Å². The molecule has 132 valence electrons. The van der Waals surface area contributed by atoms with E-state index in [4.69, 9.17) is 9.26 Å². The molecule has 11 nitrogen and oxygen atoms in total. The molecule has 0 spiro atoms. The third-order valence-electron chi connectivity index (χ3n) is 4.16. The summed E-state index contributed by atoms with van der Waals surface area (Å²) in [5.74, 6) is 0.957. The predicted octanol–water partition coefficient (Wildman–Crippen LogP) is -1.31. The van der Waals surface area contributed by atoms with Gasteiger partial charge < -0.3 is 13.8 Å². The first-order valence-corrected chi connectivity index (χ1v) is 7.87. The fourth-order valence-corrected chi connectivity index (χ4v) is 2.83. The van der Waals surface area contributed by atoms with Gasteiger partial charge in [-0.3, -0.25) is 19.2 Å². The zero-order valence-electron chi connectivity index (χ0n) is 13.6. The second kappa shape index (κ2) is 6.26. The molecule has 25 heavy (non-hydrogen) atoms. The van der Waals surface area contributed by atoms with E-state index in [1.54, 1.807) is 11.6 Å². The van der Waals surface area contributed by atoms with Crippen LogP contribution in [0.15, 0.2) is 20.4 Å². The average Bonchev–Trinajstić information content (AvgIpc) is 3.22. The Morgan fingerprint density at radius 1 is 1.24 bits per heavy atom. The number of H-pyrrole nitrogens is 1. The van der Waals surface area contributed by atoms with Crippen LogP contribution in [0.3, 0.4) is 0 Å². The Morgan fingerprint density at radius 2 is 2.04 bits per heavy atom. The zero-order chi connectivity index (χ0) is 17.4. The molecule has 0 aliphatic carbocycles. The van der Waals surface area contributed by atoms with Crippen molar-refractivity contribution in [1.29, 1.82) is 0 Å². The molecule has 0 atom stereocenters. The van der Waals surface area contributed by atoms with Gasteiger partial charge in [0.1, 0.15) is 0 Å². The van der Waals surface area contributed by atoms with Gasteiger partial charge in [-0.25, -0.2) is 9.78 Å². The number of nitrogens with one attached hydrogen (secondary N) is 1. The van der Waals surface area contributed by atoms with Gasteiger partial charge in [-0.15, -0.1) is 0 Å². The SMILES string of the molecule is Cn1c(=O)[nH]c(=O)c2c1ncn2Cc1noc(CN2CCOCC2)n1. The number of imidazole rings is 1. The Morgan fingerprint density at radius 3 is 2.84 bits per heavy atom. The summed E-state index contributed by atoms with van der Waals surface area (Å²) in [6.45, 7) is 3.84. The first-order chi connectivity index (χ1) is 12.1. The summed E-state index contributed by atoms with van der Waals surface area (Å²) in [7, 11) is 1.55. The molecule has 0 amide bonds. The number of aromatic nitrogens is 6. The number of hydrogen-bond donors (Lipinski definition) is 1. The number of rotatable bonds is 4. The lowest BCUT2D eigenvalue weighted by atomic mass is 10.4. The van der Waals surface area contributed by atoms with Gasteiger partial charge in [0.2, 0.25) is 5.89 Å². The Kier molecular flexibility index (Phi) is 3.93. The summed E-state index contributed by atoms with van der Waals surface area (Å²) in [6, 6.07) is 0. The Hall–Kier alpha value is -2.79. The van der Waals surface area contributed by atoms with Gasteiger partial charge in [-0.05, 0) is 0 Å². The molecular weight excluding hydrogens is 330 g/mol. The average molecular weight is 347 g/mol. The Bertz CT molecular complexity index is 1010. The maximum absolute atomic E-state index is 12.1. The van der Waals surface area contributed by atoms with Gasteiger partial charge in [-0.2, -0.15) is 4.98 Å². The van der Waals surface area contributed by atoms with E-state index in [1.807, 2.05) is 0 Å². The van der Waals surface area contributed by atoms with Crippen LogP contribution in [0, 0.1) is 0 Å². The normalized spacial score (nSPS) is 15.9. The summed E-state index contributed by atoms with van der Waals surface area (Å²) in [5, 5.41) is 3.96. The van der Waals surface area contributed by atoms with Crippen molar-refractivity contribution in [3.63, 3.8) is 0 Å². The number of morpholine rings is 1. The lowest BCUT2D eigenvalue weighted by molar-refractivity contribution is 0.0297. The van der Waals surface area contributed by atoms with E-state index in [-0.39, 0.29) is 6.54 Å². The van der Waals surface area contributed by atoms with Crippen LogP contribution in [0.5, 0.6) is 0 Å². The lowest BCUT2D eigenvalue weighted by Crippen LogP contribution is -2.35. The van der Waals surface area contributed by atoms with Crippen LogP contribution in [-0.2, 0) is 24.9 Å². The summed E-state index contributed by atoms with van der Waals surface area (Å²) < 4.78 is 13.5. The number of fused-ring (bicyclic) bond motifs is 1. The first-order valence-electron chi connectivity index (χ1n) is 7.87. The molecular formula is C14H17N7O4. The topological polar surface area (TPSA) is 124 Å². The van der Waals surface area contributed by atoms with E-state index >= 15 is 0 Å². The molecule has 4 rings (SSSR count). The van der Waals surface area contributed by atoms with E-state index in [0.717, 1.165) is 13.1 Å². The highest BCUT2D eigenvalue weighted by Crippen LogP contribution is 2.09. The molecule has 0 radical (unpaired) electrons. The molecule has 1 aliphatic heterocycles. The number of aryl methyl sites for hydroxylation is 1. The van der Waals surface area contributed by atoms with E-state index in [2.05, 4.69) is 25.0 Å². The quantitative estimate of drug-likeness (QED) is 0.617. The van der Waals surface area contributed by atoms with Crippen molar-refractivity contribution in [3.05, 3.63) is 38.9 Å². The van der Waals surface area contributed by atoms with E-state index in [1.165, 1.54) is 10.9 Å². The second-order valence-corrected chi connectivity index (χ2v) is 5.86. The van der Waals surface area contributed by atoms with Gasteiger partial charge in [0, 0.05) is 20.1 Å². The molecule has 0 bridgehead atoms. The fourth-order valence-electron chi connectivity index (χ4n) is 2.83. The Labute approximate surface area is 140 Å². The molecule has 4 heterocycles. The van der Waals surface area contributed by atoms with E-state index in [0.29, 0.717) is 42.6 Å². The number of aromatic amines is 1. The van der Waals surface area contributed by atoms with Crippen molar-refractivity contribution >= 4 is 11.2 Å². The summed E-state index contributed by atoms with van der Waals surface area (Å²) >= 11 is 0. The third kappa shape index (κ3) is 2.98. The molecule has 3 aromatic rings.